The van der Waals surface area contributed by atoms with Crippen LogP contribution in [-0.4, -0.2) is 0 Å². The third kappa shape index (κ3) is 6.56. The van der Waals surface area contributed by atoms with Gasteiger partial charge >= 0.3 is 0 Å². The first kappa shape index (κ1) is 28.5. The summed E-state index contributed by atoms with van der Waals surface area (Å²) < 4.78 is 0. The smallest absolute Gasteiger partial charge is 0.0316 e. The third-order valence-corrected chi connectivity index (χ3v) is 8.48. The van der Waals surface area contributed by atoms with Crippen molar-refractivity contribution >= 4 is 11.4 Å². The molecule has 0 bridgehead atoms. The predicted molar refractivity (Wildman–Crippen MR) is 170 cm³/mol. The SMILES string of the molecule is CCCCC(c1ccc(C(CC)c2ccc(N)cc2C)cc1)c1ccc(C(CC)c2ccc(N)cc2C)cc1. The number of benzene rings is 4. The van der Waals surface area contributed by atoms with Gasteiger partial charge in [-0.3, -0.25) is 0 Å². The number of nitrogens with two attached hydrogens (primary N) is 2. The van der Waals surface area contributed by atoms with Crippen molar-refractivity contribution in [2.45, 2.75) is 84.5 Å². The molecule has 39 heavy (non-hydrogen) atoms. The van der Waals surface area contributed by atoms with Gasteiger partial charge in [-0.15, -0.1) is 0 Å². The van der Waals surface area contributed by atoms with Gasteiger partial charge in [-0.05, 0) is 102 Å². The quantitative estimate of drug-likeness (QED) is 0.194. The lowest BCUT2D eigenvalue weighted by Gasteiger charge is -2.23. The van der Waals surface area contributed by atoms with Gasteiger partial charge in [0, 0.05) is 29.1 Å². The Kier molecular flexibility index (Phi) is 9.51. The molecule has 0 aromatic heterocycles. The Balaban J connectivity index is 1.61. The van der Waals surface area contributed by atoms with E-state index in [0.717, 1.165) is 30.6 Å². The minimum absolute atomic E-state index is 0.385. The molecule has 4 aromatic carbocycles. The summed E-state index contributed by atoms with van der Waals surface area (Å²) in [7, 11) is 0. The van der Waals surface area contributed by atoms with E-state index < -0.39 is 0 Å². The van der Waals surface area contributed by atoms with Gasteiger partial charge in [0.2, 0.25) is 0 Å². The molecule has 0 spiro atoms. The van der Waals surface area contributed by atoms with E-state index in [0.29, 0.717) is 17.8 Å². The van der Waals surface area contributed by atoms with Gasteiger partial charge < -0.3 is 11.5 Å². The molecule has 2 heteroatoms. The highest BCUT2D eigenvalue weighted by atomic mass is 14.5. The van der Waals surface area contributed by atoms with Crippen molar-refractivity contribution in [1.82, 2.24) is 0 Å². The van der Waals surface area contributed by atoms with Crippen molar-refractivity contribution < 1.29 is 0 Å². The van der Waals surface area contributed by atoms with Crippen LogP contribution in [0.2, 0.25) is 0 Å². The van der Waals surface area contributed by atoms with Crippen LogP contribution in [0.15, 0.2) is 84.9 Å². The van der Waals surface area contributed by atoms with Crippen molar-refractivity contribution in [1.29, 1.82) is 0 Å². The van der Waals surface area contributed by atoms with Crippen LogP contribution < -0.4 is 11.5 Å². The van der Waals surface area contributed by atoms with Gasteiger partial charge in [0.25, 0.3) is 0 Å². The summed E-state index contributed by atoms with van der Waals surface area (Å²) in [6.07, 6.45) is 5.72. The van der Waals surface area contributed by atoms with Crippen molar-refractivity contribution in [3.05, 3.63) is 129 Å². The third-order valence-electron chi connectivity index (χ3n) is 8.48. The molecule has 4 rings (SSSR count). The number of rotatable bonds is 11. The Morgan fingerprint density at radius 2 is 0.872 bits per heavy atom. The molecule has 2 unspecified atom stereocenters. The minimum Gasteiger partial charge on any atom is -0.399 e. The summed E-state index contributed by atoms with van der Waals surface area (Å²) in [6, 6.07) is 31.5. The zero-order valence-electron chi connectivity index (χ0n) is 24.5. The van der Waals surface area contributed by atoms with E-state index in [1.54, 1.807) is 0 Å². The van der Waals surface area contributed by atoms with E-state index >= 15 is 0 Å². The maximum atomic E-state index is 6.03. The van der Waals surface area contributed by atoms with Gasteiger partial charge in [-0.1, -0.05) is 94.3 Å². The Labute approximate surface area is 236 Å². The summed E-state index contributed by atoms with van der Waals surface area (Å²) in [5.74, 6) is 1.18. The first-order chi connectivity index (χ1) is 18.9. The molecule has 0 saturated carbocycles. The molecule has 4 N–H and O–H groups in total. The van der Waals surface area contributed by atoms with E-state index in [1.165, 1.54) is 57.3 Å². The zero-order valence-corrected chi connectivity index (χ0v) is 24.5. The van der Waals surface area contributed by atoms with Gasteiger partial charge in [0.05, 0.1) is 0 Å². The van der Waals surface area contributed by atoms with E-state index in [1.807, 2.05) is 12.1 Å². The maximum absolute atomic E-state index is 6.03. The Morgan fingerprint density at radius 1 is 0.513 bits per heavy atom. The summed E-state index contributed by atoms with van der Waals surface area (Å²) in [4.78, 5) is 0. The van der Waals surface area contributed by atoms with E-state index in [2.05, 4.69) is 107 Å². The molecule has 4 aromatic rings. The molecule has 204 valence electrons. The number of anilines is 2. The predicted octanol–water partition coefficient (Wildman–Crippen LogP) is 9.87. The molecule has 0 amide bonds. The van der Waals surface area contributed by atoms with Crippen LogP contribution in [0, 0.1) is 13.8 Å². The van der Waals surface area contributed by atoms with Crippen LogP contribution in [-0.2, 0) is 0 Å². The molecule has 0 aliphatic rings. The number of unbranched alkanes of at least 4 members (excludes halogenated alkanes) is 1. The van der Waals surface area contributed by atoms with Crippen LogP contribution in [0.4, 0.5) is 11.4 Å². The normalized spacial score (nSPS) is 13.7. The standard InChI is InChI=1S/C37H46N2/c1-6-9-10-37(29-15-11-27(12-16-29)33(7-2)35-21-19-31(38)23-25(35)4)30-17-13-28(14-18-30)34(8-3)36-22-20-32(39)24-26(36)5/h11-24,33-34,37H,6-10,38-39H2,1-5H3. The van der Waals surface area contributed by atoms with Crippen LogP contribution >= 0.6 is 0 Å². The highest BCUT2D eigenvalue weighted by Gasteiger charge is 2.19. The Bertz CT molecular complexity index is 1250. The van der Waals surface area contributed by atoms with Gasteiger partial charge in [-0.2, -0.15) is 0 Å². The molecule has 0 aliphatic heterocycles. The Hall–Kier alpha value is -3.52. The molecule has 2 nitrogen and oxygen atoms in total. The van der Waals surface area contributed by atoms with Crippen LogP contribution in [0.3, 0.4) is 0 Å². The number of hydrogen-bond acceptors (Lipinski definition) is 2. The van der Waals surface area contributed by atoms with E-state index in [9.17, 15) is 0 Å². The number of nitrogen functional groups attached to an aromatic ring is 2. The maximum Gasteiger partial charge on any atom is 0.0316 e. The van der Waals surface area contributed by atoms with Gasteiger partial charge in [-0.25, -0.2) is 0 Å². The number of hydrogen-bond donors (Lipinski definition) is 2. The van der Waals surface area contributed by atoms with Crippen molar-refractivity contribution in [3.63, 3.8) is 0 Å². The fourth-order valence-electron chi connectivity index (χ4n) is 6.31. The molecule has 0 fully saturated rings. The van der Waals surface area contributed by atoms with Crippen LogP contribution in [0.5, 0.6) is 0 Å². The highest BCUT2D eigenvalue weighted by molar-refractivity contribution is 5.49. The first-order valence-electron chi connectivity index (χ1n) is 14.8. The summed E-state index contributed by atoms with van der Waals surface area (Å²) in [5, 5.41) is 0. The average Bonchev–Trinajstić information content (AvgIpc) is 2.93. The fourth-order valence-corrected chi connectivity index (χ4v) is 6.31. The van der Waals surface area contributed by atoms with Crippen LogP contribution in [0.1, 0.15) is 115 Å². The molecule has 0 saturated heterocycles. The van der Waals surface area contributed by atoms with Gasteiger partial charge in [0.15, 0.2) is 0 Å². The molecular weight excluding hydrogens is 472 g/mol. The molecular formula is C37H46N2. The zero-order chi connectivity index (χ0) is 27.9. The topological polar surface area (TPSA) is 52.0 Å². The second-order valence-electron chi connectivity index (χ2n) is 11.2. The number of aryl methyl sites for hydroxylation is 2. The van der Waals surface area contributed by atoms with Crippen molar-refractivity contribution in [2.24, 2.45) is 0 Å². The summed E-state index contributed by atoms with van der Waals surface area (Å²) >= 11 is 0. The lowest BCUT2D eigenvalue weighted by molar-refractivity contribution is 0.649. The molecule has 0 radical (unpaired) electrons. The Morgan fingerprint density at radius 3 is 1.18 bits per heavy atom. The largest absolute Gasteiger partial charge is 0.399 e. The second kappa shape index (κ2) is 13.0. The molecule has 2 atom stereocenters. The lowest BCUT2D eigenvalue weighted by atomic mass is 9.82. The highest BCUT2D eigenvalue weighted by Crippen LogP contribution is 2.36. The average molecular weight is 519 g/mol. The van der Waals surface area contributed by atoms with E-state index in [4.69, 9.17) is 11.5 Å². The second-order valence-corrected chi connectivity index (χ2v) is 11.2. The van der Waals surface area contributed by atoms with Crippen molar-refractivity contribution in [3.8, 4) is 0 Å². The lowest BCUT2D eigenvalue weighted by Crippen LogP contribution is -2.06. The van der Waals surface area contributed by atoms with Gasteiger partial charge in [0.1, 0.15) is 0 Å². The summed E-state index contributed by atoms with van der Waals surface area (Å²) in [5.41, 5.74) is 24.6. The summed E-state index contributed by atoms with van der Waals surface area (Å²) in [6.45, 7) is 11.2. The van der Waals surface area contributed by atoms with E-state index in [-0.39, 0.29) is 0 Å². The van der Waals surface area contributed by atoms with Crippen molar-refractivity contribution in [2.75, 3.05) is 11.5 Å². The first-order valence-corrected chi connectivity index (χ1v) is 14.8. The minimum atomic E-state index is 0.385. The molecule has 0 heterocycles. The van der Waals surface area contributed by atoms with Crippen LogP contribution in [0.25, 0.3) is 0 Å². The molecule has 0 aliphatic carbocycles. The monoisotopic (exact) mass is 518 g/mol. The fraction of sp³-hybridized carbons (Fsp3) is 0.351.